The normalized spacial score (nSPS) is 12.2. The van der Waals surface area contributed by atoms with E-state index < -0.39 is 11.9 Å². The van der Waals surface area contributed by atoms with Crippen LogP contribution in [-0.4, -0.2) is 11.9 Å². The molecule has 82 valence electrons. The summed E-state index contributed by atoms with van der Waals surface area (Å²) in [6.45, 7) is 1.83. The predicted molar refractivity (Wildman–Crippen MR) is 58.0 cm³/mol. The van der Waals surface area contributed by atoms with Crippen molar-refractivity contribution in [3.63, 3.8) is 0 Å². The second kappa shape index (κ2) is 4.98. The molecule has 1 unspecified atom stereocenters. The maximum absolute atomic E-state index is 13.0. The van der Waals surface area contributed by atoms with Gasteiger partial charge in [-0.2, -0.15) is 0 Å². The molecule has 0 amide bonds. The summed E-state index contributed by atoms with van der Waals surface area (Å²) in [4.78, 5) is 0. The summed E-state index contributed by atoms with van der Waals surface area (Å²) in [6, 6.07) is 4.12. The number of hydrogen-bond donors (Lipinski definition) is 2. The van der Waals surface area contributed by atoms with Crippen LogP contribution < -0.4 is 10.5 Å². The van der Waals surface area contributed by atoms with E-state index in [1.807, 2.05) is 6.92 Å². The number of nitrogens with one attached hydrogen (secondary N) is 1. The molecule has 5 heteroatoms. The van der Waals surface area contributed by atoms with Crippen molar-refractivity contribution in [2.75, 3.05) is 0 Å². The zero-order valence-corrected chi connectivity index (χ0v) is 9.01. The molecule has 0 radical (unpaired) electrons. The van der Waals surface area contributed by atoms with Gasteiger partial charge in [0.05, 0.1) is 5.02 Å². The van der Waals surface area contributed by atoms with E-state index in [-0.39, 0.29) is 10.9 Å². The van der Waals surface area contributed by atoms with Crippen LogP contribution in [0, 0.1) is 11.2 Å². The van der Waals surface area contributed by atoms with Gasteiger partial charge in [-0.15, -0.1) is 0 Å². The fourth-order valence-corrected chi connectivity index (χ4v) is 1.20. The molecule has 3 N–H and O–H groups in total. The number of benzene rings is 1. The van der Waals surface area contributed by atoms with E-state index in [2.05, 4.69) is 0 Å². The van der Waals surface area contributed by atoms with Crippen molar-refractivity contribution >= 4 is 17.4 Å². The van der Waals surface area contributed by atoms with Crippen LogP contribution in [0.1, 0.15) is 13.3 Å². The van der Waals surface area contributed by atoms with Gasteiger partial charge >= 0.3 is 0 Å². The molecule has 0 heterocycles. The van der Waals surface area contributed by atoms with E-state index >= 15 is 0 Å². The van der Waals surface area contributed by atoms with Crippen molar-refractivity contribution in [2.24, 2.45) is 5.73 Å². The molecule has 0 aliphatic rings. The predicted octanol–water partition coefficient (Wildman–Crippen LogP) is 2.57. The molecule has 0 bridgehead atoms. The van der Waals surface area contributed by atoms with Crippen molar-refractivity contribution in [3.05, 3.63) is 29.0 Å². The highest BCUT2D eigenvalue weighted by atomic mass is 35.5. The Morgan fingerprint density at radius 2 is 2.33 bits per heavy atom. The van der Waals surface area contributed by atoms with Crippen LogP contribution >= 0.6 is 11.6 Å². The van der Waals surface area contributed by atoms with Gasteiger partial charge in [0, 0.05) is 6.07 Å². The molecule has 0 spiro atoms. The molecule has 0 saturated carbocycles. The van der Waals surface area contributed by atoms with Crippen molar-refractivity contribution in [2.45, 2.75) is 19.4 Å². The monoisotopic (exact) mass is 230 g/mol. The molecule has 0 aliphatic carbocycles. The lowest BCUT2D eigenvalue weighted by atomic mass is 10.2. The minimum atomic E-state index is -0.549. The number of halogens is 2. The summed E-state index contributed by atoms with van der Waals surface area (Å²) in [5.41, 5.74) is 5.30. The molecule has 1 aromatic rings. The molecule has 1 atom stereocenters. The highest BCUT2D eigenvalue weighted by Gasteiger charge is 2.12. The van der Waals surface area contributed by atoms with E-state index in [9.17, 15) is 4.39 Å². The summed E-state index contributed by atoms with van der Waals surface area (Å²) >= 11 is 5.52. The minimum Gasteiger partial charge on any atom is -0.482 e. The maximum Gasteiger partial charge on any atom is 0.155 e. The maximum atomic E-state index is 13.0. The second-order valence-electron chi connectivity index (χ2n) is 3.05. The van der Waals surface area contributed by atoms with Gasteiger partial charge in [0.1, 0.15) is 17.4 Å². The zero-order chi connectivity index (χ0) is 11.4. The summed E-state index contributed by atoms with van der Waals surface area (Å²) in [5, 5.41) is 7.27. The van der Waals surface area contributed by atoms with E-state index in [4.69, 9.17) is 27.5 Å². The summed E-state index contributed by atoms with van der Waals surface area (Å²) in [5.74, 6) is -0.306. The Balaban J connectivity index is 2.80. The highest BCUT2D eigenvalue weighted by molar-refractivity contribution is 6.30. The number of ether oxygens (including phenoxy) is 1. The summed E-state index contributed by atoms with van der Waals surface area (Å²) < 4.78 is 18.4. The largest absolute Gasteiger partial charge is 0.482 e. The third kappa shape index (κ3) is 3.09. The fraction of sp³-hybridized carbons (Fsp3) is 0.300. The third-order valence-corrected chi connectivity index (χ3v) is 2.19. The van der Waals surface area contributed by atoms with Crippen molar-refractivity contribution in [1.82, 2.24) is 0 Å². The first kappa shape index (κ1) is 11.8. The van der Waals surface area contributed by atoms with Gasteiger partial charge < -0.3 is 10.5 Å². The van der Waals surface area contributed by atoms with E-state index in [1.165, 1.54) is 18.2 Å². The molecular formula is C10H12ClFN2O. The lowest BCUT2D eigenvalue weighted by Crippen LogP contribution is -2.32. The minimum absolute atomic E-state index is 0.0400. The zero-order valence-electron chi connectivity index (χ0n) is 8.26. The number of hydrogen-bond acceptors (Lipinski definition) is 2. The van der Waals surface area contributed by atoms with Crippen LogP contribution in [0.25, 0.3) is 0 Å². The Bertz CT molecular complexity index is 370. The molecule has 0 fully saturated rings. The van der Waals surface area contributed by atoms with Crippen LogP contribution in [0.5, 0.6) is 5.75 Å². The Hall–Kier alpha value is -1.29. The van der Waals surface area contributed by atoms with Gasteiger partial charge in [0.2, 0.25) is 0 Å². The molecule has 0 aromatic heterocycles. The van der Waals surface area contributed by atoms with Gasteiger partial charge in [0.15, 0.2) is 6.10 Å². The lowest BCUT2D eigenvalue weighted by Gasteiger charge is -2.15. The highest BCUT2D eigenvalue weighted by Crippen LogP contribution is 2.21. The van der Waals surface area contributed by atoms with Gasteiger partial charge in [0.25, 0.3) is 0 Å². The van der Waals surface area contributed by atoms with E-state index in [0.717, 1.165) is 0 Å². The second-order valence-corrected chi connectivity index (χ2v) is 3.45. The van der Waals surface area contributed by atoms with Gasteiger partial charge in [-0.05, 0) is 18.6 Å². The summed E-state index contributed by atoms with van der Waals surface area (Å²) in [6.07, 6.45) is 0.0325. The standard InChI is InChI=1S/C10H12ClFN2O/c1-2-9(10(13)14)15-6-3-4-7(11)8(12)5-6/h3-5,9H,2H2,1H3,(H3,13,14). The van der Waals surface area contributed by atoms with E-state index in [1.54, 1.807) is 0 Å². The van der Waals surface area contributed by atoms with Crippen molar-refractivity contribution < 1.29 is 9.13 Å². The number of amidine groups is 1. The Morgan fingerprint density at radius 3 is 2.80 bits per heavy atom. The fourth-order valence-electron chi connectivity index (χ4n) is 1.08. The summed E-state index contributed by atoms with van der Waals surface area (Å²) in [7, 11) is 0. The van der Waals surface area contributed by atoms with Crippen LogP contribution in [0.2, 0.25) is 5.02 Å². The van der Waals surface area contributed by atoms with Crippen LogP contribution in [0.15, 0.2) is 18.2 Å². The topological polar surface area (TPSA) is 59.1 Å². The Labute approximate surface area is 92.5 Å². The first-order valence-corrected chi connectivity index (χ1v) is 4.88. The molecule has 15 heavy (non-hydrogen) atoms. The van der Waals surface area contributed by atoms with Gasteiger partial charge in [-0.1, -0.05) is 18.5 Å². The van der Waals surface area contributed by atoms with Crippen LogP contribution in [-0.2, 0) is 0 Å². The van der Waals surface area contributed by atoms with E-state index in [0.29, 0.717) is 12.2 Å². The van der Waals surface area contributed by atoms with Gasteiger partial charge in [-0.25, -0.2) is 4.39 Å². The van der Waals surface area contributed by atoms with Crippen LogP contribution in [0.3, 0.4) is 0 Å². The smallest absolute Gasteiger partial charge is 0.155 e. The Kier molecular flexibility index (Phi) is 3.91. The lowest BCUT2D eigenvalue weighted by molar-refractivity contribution is 0.259. The third-order valence-electron chi connectivity index (χ3n) is 1.89. The number of rotatable bonds is 4. The number of nitrogens with two attached hydrogens (primary N) is 1. The average Bonchev–Trinajstić information content (AvgIpc) is 2.19. The molecule has 1 aromatic carbocycles. The molecule has 3 nitrogen and oxygen atoms in total. The quantitative estimate of drug-likeness (QED) is 0.617. The van der Waals surface area contributed by atoms with Crippen molar-refractivity contribution in [3.8, 4) is 5.75 Å². The van der Waals surface area contributed by atoms with Crippen LogP contribution in [0.4, 0.5) is 4.39 Å². The molecule has 0 aliphatic heterocycles. The first-order valence-electron chi connectivity index (χ1n) is 4.50. The average molecular weight is 231 g/mol. The molecule has 1 rings (SSSR count). The first-order chi connectivity index (χ1) is 7.04. The van der Waals surface area contributed by atoms with Gasteiger partial charge in [-0.3, -0.25) is 5.41 Å². The molecular weight excluding hydrogens is 219 g/mol. The SMILES string of the molecule is CCC(Oc1ccc(Cl)c(F)c1)C(=N)N. The molecule has 0 saturated heterocycles. The Morgan fingerprint density at radius 1 is 1.67 bits per heavy atom. The van der Waals surface area contributed by atoms with Crippen molar-refractivity contribution in [1.29, 1.82) is 5.41 Å².